The first-order valence-corrected chi connectivity index (χ1v) is 5.40. The first kappa shape index (κ1) is 9.92. The summed E-state index contributed by atoms with van der Waals surface area (Å²) in [5.41, 5.74) is 0.533. The summed E-state index contributed by atoms with van der Waals surface area (Å²) in [5, 5.41) is 1.83. The van der Waals surface area contributed by atoms with E-state index < -0.39 is 0 Å². The molecule has 0 aromatic carbocycles. The lowest BCUT2D eigenvalue weighted by atomic mass is 10.4. The Hall–Kier alpha value is -1.62. The van der Waals surface area contributed by atoms with Crippen molar-refractivity contribution >= 4 is 27.3 Å². The van der Waals surface area contributed by atoms with E-state index in [9.17, 15) is 4.79 Å². The predicted molar refractivity (Wildman–Crippen MR) is 60.9 cm³/mol. The Morgan fingerprint density at radius 3 is 3.27 bits per heavy atom. The molecular formula is C10H10N2O2S. The number of rotatable bonds is 3. The number of fused-ring (bicyclic) bond motifs is 1. The lowest BCUT2D eigenvalue weighted by Crippen LogP contribution is -2.10. The fraction of sp³-hybridized carbons (Fsp3) is 0.200. The van der Waals surface area contributed by atoms with E-state index >= 15 is 0 Å². The van der Waals surface area contributed by atoms with Crippen LogP contribution in [0, 0.1) is 0 Å². The highest BCUT2D eigenvalue weighted by atomic mass is 32.1. The van der Waals surface area contributed by atoms with Gasteiger partial charge in [-0.05, 0) is 18.4 Å². The third-order valence-corrected chi connectivity index (χ3v) is 2.80. The molecule has 0 fully saturated rings. The van der Waals surface area contributed by atoms with Gasteiger partial charge in [0.1, 0.15) is 4.70 Å². The van der Waals surface area contributed by atoms with Crippen LogP contribution in [0.2, 0.25) is 0 Å². The zero-order chi connectivity index (χ0) is 10.8. The third kappa shape index (κ3) is 1.78. The maximum Gasteiger partial charge on any atom is 0.269 e. The van der Waals surface area contributed by atoms with Crippen molar-refractivity contribution in [1.82, 2.24) is 9.97 Å². The van der Waals surface area contributed by atoms with Crippen molar-refractivity contribution in [3.8, 4) is 0 Å². The van der Waals surface area contributed by atoms with E-state index in [2.05, 4.69) is 16.5 Å². The van der Waals surface area contributed by atoms with Gasteiger partial charge in [0, 0.05) is 0 Å². The van der Waals surface area contributed by atoms with Gasteiger partial charge in [0.15, 0.2) is 11.6 Å². The molecule has 78 valence electrons. The molecule has 0 aliphatic rings. The van der Waals surface area contributed by atoms with E-state index in [0.717, 1.165) is 0 Å². The summed E-state index contributed by atoms with van der Waals surface area (Å²) in [6.45, 7) is 6.05. The highest BCUT2D eigenvalue weighted by molar-refractivity contribution is 7.17. The van der Waals surface area contributed by atoms with Crippen molar-refractivity contribution in [2.24, 2.45) is 0 Å². The molecule has 0 saturated carbocycles. The van der Waals surface area contributed by atoms with Crippen molar-refractivity contribution in [1.29, 1.82) is 0 Å². The molecule has 0 spiro atoms. The van der Waals surface area contributed by atoms with Crippen molar-refractivity contribution in [2.45, 2.75) is 6.92 Å². The molecule has 2 aromatic heterocycles. The van der Waals surface area contributed by atoms with Crippen LogP contribution in [0.4, 0.5) is 0 Å². The highest BCUT2D eigenvalue weighted by Crippen LogP contribution is 2.16. The van der Waals surface area contributed by atoms with Crippen LogP contribution in [0.3, 0.4) is 0 Å². The van der Waals surface area contributed by atoms with Crippen LogP contribution in [-0.2, 0) is 4.74 Å². The molecule has 2 aromatic rings. The van der Waals surface area contributed by atoms with E-state index in [1.165, 1.54) is 11.3 Å². The zero-order valence-corrected chi connectivity index (χ0v) is 9.06. The van der Waals surface area contributed by atoms with E-state index in [1.807, 2.05) is 12.3 Å². The lowest BCUT2D eigenvalue weighted by molar-refractivity contribution is 0.296. The molecule has 2 rings (SSSR count). The molecule has 0 aliphatic carbocycles. The van der Waals surface area contributed by atoms with Crippen molar-refractivity contribution in [3.05, 3.63) is 34.2 Å². The van der Waals surface area contributed by atoms with Gasteiger partial charge in [0.2, 0.25) is 0 Å². The minimum atomic E-state index is -0.147. The monoisotopic (exact) mass is 222 g/mol. The Morgan fingerprint density at radius 1 is 1.73 bits per heavy atom. The Labute approximate surface area is 90.2 Å². The molecular weight excluding hydrogens is 212 g/mol. The van der Waals surface area contributed by atoms with Gasteiger partial charge in [0.05, 0.1) is 12.1 Å². The lowest BCUT2D eigenvalue weighted by Gasteiger charge is -2.04. The molecule has 0 bridgehead atoms. The number of hydrogen-bond donors (Lipinski definition) is 1. The molecule has 15 heavy (non-hydrogen) atoms. The van der Waals surface area contributed by atoms with Gasteiger partial charge < -0.3 is 9.72 Å². The first-order chi connectivity index (χ1) is 7.22. The van der Waals surface area contributed by atoms with Gasteiger partial charge in [-0.1, -0.05) is 6.58 Å². The molecule has 0 aliphatic heterocycles. The van der Waals surface area contributed by atoms with Gasteiger partial charge in [-0.15, -0.1) is 11.3 Å². The third-order valence-electron chi connectivity index (χ3n) is 1.90. The van der Waals surface area contributed by atoms with Crippen LogP contribution in [-0.4, -0.2) is 16.6 Å². The summed E-state index contributed by atoms with van der Waals surface area (Å²) >= 11 is 1.37. The first-order valence-electron chi connectivity index (χ1n) is 4.52. The number of hydrogen-bond acceptors (Lipinski definition) is 4. The predicted octanol–water partition coefficient (Wildman–Crippen LogP) is 1.99. The molecule has 0 atom stereocenters. The summed E-state index contributed by atoms with van der Waals surface area (Å²) in [6.07, 6.45) is 0. The topological polar surface area (TPSA) is 55.0 Å². The average Bonchev–Trinajstić information content (AvgIpc) is 2.66. The van der Waals surface area contributed by atoms with Gasteiger partial charge in [-0.2, -0.15) is 0 Å². The minimum absolute atomic E-state index is 0.147. The Morgan fingerprint density at radius 2 is 2.53 bits per heavy atom. The quantitative estimate of drug-likeness (QED) is 0.808. The molecule has 0 amide bonds. The molecule has 0 radical (unpaired) electrons. The van der Waals surface area contributed by atoms with Gasteiger partial charge in [0.25, 0.3) is 5.56 Å². The largest absolute Gasteiger partial charge is 0.491 e. The van der Waals surface area contributed by atoms with Crippen LogP contribution < -0.4 is 5.56 Å². The van der Waals surface area contributed by atoms with Crippen LogP contribution in [0.5, 0.6) is 0 Å². The van der Waals surface area contributed by atoms with Gasteiger partial charge >= 0.3 is 0 Å². The van der Waals surface area contributed by atoms with Crippen LogP contribution in [0.15, 0.2) is 22.8 Å². The summed E-state index contributed by atoms with van der Waals surface area (Å²) in [5.74, 6) is 0.787. The Bertz CT molecular complexity index is 556. The molecule has 5 heteroatoms. The SMILES string of the molecule is C=C(OCC)c1nc2ccsc2c(=O)[nH]1. The highest BCUT2D eigenvalue weighted by Gasteiger charge is 2.07. The Kier molecular flexibility index (Phi) is 2.55. The fourth-order valence-corrected chi connectivity index (χ4v) is 1.97. The van der Waals surface area contributed by atoms with Crippen molar-refractivity contribution in [2.75, 3.05) is 6.61 Å². The molecule has 2 heterocycles. The van der Waals surface area contributed by atoms with E-state index in [1.54, 1.807) is 6.07 Å². The van der Waals surface area contributed by atoms with E-state index in [4.69, 9.17) is 4.74 Å². The molecule has 1 N–H and O–H groups in total. The second-order valence-electron chi connectivity index (χ2n) is 2.91. The number of aromatic amines is 1. The van der Waals surface area contributed by atoms with Gasteiger partial charge in [-0.3, -0.25) is 4.79 Å². The van der Waals surface area contributed by atoms with Crippen LogP contribution in [0.25, 0.3) is 16.0 Å². The number of aromatic nitrogens is 2. The second kappa shape index (κ2) is 3.86. The van der Waals surface area contributed by atoms with Gasteiger partial charge in [-0.25, -0.2) is 4.98 Å². The molecule has 0 unspecified atom stereocenters. The summed E-state index contributed by atoms with van der Waals surface area (Å²) in [6, 6.07) is 1.80. The van der Waals surface area contributed by atoms with Crippen molar-refractivity contribution in [3.63, 3.8) is 0 Å². The number of nitrogens with zero attached hydrogens (tertiary/aromatic N) is 1. The second-order valence-corrected chi connectivity index (χ2v) is 3.82. The molecule has 0 saturated heterocycles. The zero-order valence-electron chi connectivity index (χ0n) is 8.24. The van der Waals surface area contributed by atoms with E-state index in [0.29, 0.717) is 28.4 Å². The average molecular weight is 222 g/mol. The number of thiophene rings is 1. The number of H-pyrrole nitrogens is 1. The minimum Gasteiger partial charge on any atom is -0.491 e. The standard InChI is InChI=1S/C10H10N2O2S/c1-3-14-6(2)9-11-7-4-5-15-8(7)10(13)12-9/h4-5H,2-3H2,1H3,(H,11,12,13). The summed E-state index contributed by atoms with van der Waals surface area (Å²) < 4.78 is 5.81. The Balaban J connectivity index is 2.54. The van der Waals surface area contributed by atoms with E-state index in [-0.39, 0.29) is 5.56 Å². The maximum atomic E-state index is 11.6. The van der Waals surface area contributed by atoms with Crippen LogP contribution in [0.1, 0.15) is 12.7 Å². The molecule has 4 nitrogen and oxygen atoms in total. The maximum absolute atomic E-state index is 11.6. The normalized spacial score (nSPS) is 10.5. The fourth-order valence-electron chi connectivity index (χ4n) is 1.25. The van der Waals surface area contributed by atoms with Crippen LogP contribution >= 0.6 is 11.3 Å². The number of ether oxygens (including phenoxy) is 1. The summed E-state index contributed by atoms with van der Waals surface area (Å²) in [4.78, 5) is 18.5. The summed E-state index contributed by atoms with van der Waals surface area (Å²) in [7, 11) is 0. The number of nitrogens with one attached hydrogen (secondary N) is 1. The smallest absolute Gasteiger partial charge is 0.269 e. The van der Waals surface area contributed by atoms with Crippen molar-refractivity contribution < 1.29 is 4.74 Å².